The Kier molecular flexibility index (Phi) is 9.60. The van der Waals surface area contributed by atoms with E-state index in [1.807, 2.05) is 0 Å². The number of β-lactam (4-membered cyclic amide) rings is 1. The molecule has 3 aliphatic heterocycles. The maximum atomic E-state index is 13.4. The SMILES string of the molecule is Nc1nc(/C(=N/O)C(=O)N[C@@H]2C(=O)N3C(C(=O)O)=C(/C=C4\CCN(Cc5cc[n+](CC(=O)Nc6ccc(F)c(F)c6)cc5)C4=O)CS[C@H]23)cs1. The van der Waals surface area contributed by atoms with Crippen molar-refractivity contribution in [3.05, 3.63) is 93.9 Å². The maximum Gasteiger partial charge on any atom is 0.352 e. The molecule has 0 bridgehead atoms. The number of oxime groups is 1. The molecule has 2 fully saturated rings. The van der Waals surface area contributed by atoms with E-state index < -0.39 is 52.5 Å². The van der Waals surface area contributed by atoms with E-state index in [-0.39, 0.29) is 52.5 Å². The number of rotatable bonds is 10. The number of benzene rings is 1. The van der Waals surface area contributed by atoms with Crippen LogP contribution in [0.25, 0.3) is 0 Å². The van der Waals surface area contributed by atoms with Crippen molar-refractivity contribution in [2.75, 3.05) is 23.3 Å². The molecule has 1 aromatic carbocycles. The number of carbonyl (C=O) groups is 5. The molecule has 6 N–H and O–H groups in total. The van der Waals surface area contributed by atoms with Crippen LogP contribution in [0.2, 0.25) is 0 Å². The average Bonchev–Trinajstić information content (AvgIpc) is 3.66. The summed E-state index contributed by atoms with van der Waals surface area (Å²) in [6.45, 7) is 0.525. The van der Waals surface area contributed by atoms with E-state index in [0.717, 1.165) is 33.9 Å². The third-order valence-corrected chi connectivity index (χ3v) is 9.97. The lowest BCUT2D eigenvalue weighted by molar-refractivity contribution is -0.684. The molecule has 2 aromatic heterocycles. The van der Waals surface area contributed by atoms with Crippen LogP contribution >= 0.6 is 23.1 Å². The number of hydrogen-bond donors (Lipinski definition) is 5. The minimum absolute atomic E-state index is 0.0161. The van der Waals surface area contributed by atoms with Gasteiger partial charge in [0.25, 0.3) is 17.7 Å². The van der Waals surface area contributed by atoms with Gasteiger partial charge in [-0.3, -0.25) is 24.1 Å². The Morgan fingerprint density at radius 3 is 2.58 bits per heavy atom. The van der Waals surface area contributed by atoms with Crippen LogP contribution in [0.4, 0.5) is 19.6 Å². The summed E-state index contributed by atoms with van der Waals surface area (Å²) in [5.41, 5.74) is 6.41. The number of allylic oxidation sites excluding steroid dienone is 1. The number of carboxylic acids is 1. The number of anilines is 2. The van der Waals surface area contributed by atoms with Gasteiger partial charge >= 0.3 is 5.97 Å². The van der Waals surface area contributed by atoms with E-state index in [2.05, 4.69) is 20.8 Å². The van der Waals surface area contributed by atoms with Crippen molar-refractivity contribution in [1.29, 1.82) is 0 Å². The number of aliphatic carboxylic acids is 1. The molecule has 3 aliphatic rings. The van der Waals surface area contributed by atoms with Gasteiger partial charge in [0.05, 0.1) is 0 Å². The first-order valence-corrected chi connectivity index (χ1v) is 16.7. The molecular formula is C31H27F2N8O7S2+. The first-order valence-electron chi connectivity index (χ1n) is 14.8. The summed E-state index contributed by atoms with van der Waals surface area (Å²) in [5.74, 6) is -5.64. The van der Waals surface area contributed by atoms with Crippen molar-refractivity contribution in [2.24, 2.45) is 5.16 Å². The predicted molar refractivity (Wildman–Crippen MR) is 174 cm³/mol. The lowest BCUT2D eigenvalue weighted by atomic mass is 10.0. The third-order valence-electron chi connectivity index (χ3n) is 7.99. The summed E-state index contributed by atoms with van der Waals surface area (Å²) in [6, 6.07) is 5.42. The summed E-state index contributed by atoms with van der Waals surface area (Å²) in [5, 5.41) is 28.2. The Bertz CT molecular complexity index is 2020. The quantitative estimate of drug-likeness (QED) is 0.0504. The van der Waals surface area contributed by atoms with Gasteiger partial charge in [-0.25, -0.2) is 18.6 Å². The number of carbonyl (C=O) groups excluding carboxylic acids is 4. The summed E-state index contributed by atoms with van der Waals surface area (Å²) >= 11 is 2.24. The number of nitrogens with two attached hydrogens (primary N) is 1. The highest BCUT2D eigenvalue weighted by Crippen LogP contribution is 2.41. The molecule has 50 heavy (non-hydrogen) atoms. The summed E-state index contributed by atoms with van der Waals surface area (Å²) in [6.07, 6.45) is 5.13. The zero-order valence-corrected chi connectivity index (χ0v) is 27.3. The van der Waals surface area contributed by atoms with Crippen molar-refractivity contribution in [3.8, 4) is 0 Å². The molecule has 15 nitrogen and oxygen atoms in total. The fraction of sp³-hybridized carbons (Fsp3) is 0.226. The van der Waals surface area contributed by atoms with Gasteiger partial charge in [0.1, 0.15) is 22.8 Å². The Labute approximate surface area is 289 Å². The number of nitrogens with zero attached hydrogens (tertiary/aromatic N) is 5. The Morgan fingerprint density at radius 2 is 1.92 bits per heavy atom. The first kappa shape index (κ1) is 34.2. The molecule has 4 amide bonds. The van der Waals surface area contributed by atoms with E-state index in [0.29, 0.717) is 18.5 Å². The summed E-state index contributed by atoms with van der Waals surface area (Å²) in [4.78, 5) is 70.4. The van der Waals surface area contributed by atoms with Gasteiger partial charge in [-0.05, 0) is 35.8 Å². The van der Waals surface area contributed by atoms with E-state index in [4.69, 9.17) is 5.73 Å². The number of nitrogen functional groups attached to an aromatic ring is 1. The summed E-state index contributed by atoms with van der Waals surface area (Å²) in [7, 11) is 0. The molecule has 6 rings (SSSR count). The van der Waals surface area contributed by atoms with E-state index >= 15 is 0 Å². The number of fused-ring (bicyclic) bond motifs is 1. The Balaban J connectivity index is 1.07. The zero-order chi connectivity index (χ0) is 35.7. The van der Waals surface area contributed by atoms with Gasteiger partial charge < -0.3 is 31.6 Å². The second-order valence-corrected chi connectivity index (χ2v) is 13.3. The van der Waals surface area contributed by atoms with Crippen LogP contribution in [0.1, 0.15) is 17.7 Å². The average molecular weight is 726 g/mol. The molecule has 0 unspecified atom stereocenters. The highest BCUT2D eigenvalue weighted by atomic mass is 32.2. The van der Waals surface area contributed by atoms with Gasteiger partial charge in [-0.2, -0.15) is 4.57 Å². The highest BCUT2D eigenvalue weighted by molar-refractivity contribution is 8.00. The third kappa shape index (κ3) is 6.90. The van der Waals surface area contributed by atoms with Gasteiger partial charge in [0.2, 0.25) is 12.5 Å². The van der Waals surface area contributed by atoms with E-state index in [1.54, 1.807) is 34.0 Å². The number of likely N-dealkylation sites (tertiary alicyclic amines) is 1. The van der Waals surface area contributed by atoms with Gasteiger partial charge in [0, 0.05) is 53.7 Å². The second-order valence-electron chi connectivity index (χ2n) is 11.3. The Hall–Kier alpha value is -5.69. The van der Waals surface area contributed by atoms with Gasteiger partial charge in [-0.1, -0.05) is 5.16 Å². The molecule has 3 aromatic rings. The van der Waals surface area contributed by atoms with E-state index in [9.17, 15) is 43.1 Å². The minimum Gasteiger partial charge on any atom is -0.477 e. The van der Waals surface area contributed by atoms with Crippen LogP contribution in [0.3, 0.4) is 0 Å². The monoisotopic (exact) mass is 725 g/mol. The number of nitrogens with one attached hydrogen (secondary N) is 2. The number of amides is 4. The topological polar surface area (TPSA) is 211 Å². The van der Waals surface area contributed by atoms with Gasteiger partial charge in [0.15, 0.2) is 34.9 Å². The zero-order valence-electron chi connectivity index (χ0n) is 25.7. The van der Waals surface area contributed by atoms with Crippen LogP contribution in [0.15, 0.2) is 76.2 Å². The fourth-order valence-electron chi connectivity index (χ4n) is 5.59. The molecule has 2 atom stereocenters. The summed E-state index contributed by atoms with van der Waals surface area (Å²) < 4.78 is 28.1. The van der Waals surface area contributed by atoms with Gasteiger partial charge in [-0.15, -0.1) is 23.1 Å². The molecule has 0 spiro atoms. The van der Waals surface area contributed by atoms with Crippen LogP contribution in [0.5, 0.6) is 0 Å². The predicted octanol–water partition coefficient (Wildman–Crippen LogP) is 1.21. The van der Waals surface area contributed by atoms with Crippen LogP contribution in [-0.2, 0) is 37.1 Å². The van der Waals surface area contributed by atoms with E-state index in [1.165, 1.54) is 29.3 Å². The highest BCUT2D eigenvalue weighted by Gasteiger charge is 2.54. The second kappa shape index (κ2) is 14.0. The lowest BCUT2D eigenvalue weighted by Crippen LogP contribution is -2.71. The van der Waals surface area contributed by atoms with Crippen LogP contribution in [-0.4, -0.2) is 84.1 Å². The first-order chi connectivity index (χ1) is 23.9. The van der Waals surface area contributed by atoms with Crippen LogP contribution < -0.4 is 20.9 Å². The largest absolute Gasteiger partial charge is 0.477 e. The number of aromatic nitrogens is 2. The number of halogens is 2. The van der Waals surface area contributed by atoms with Crippen molar-refractivity contribution < 1.29 is 47.6 Å². The number of pyridine rings is 1. The molecule has 0 radical (unpaired) electrons. The molecule has 2 saturated heterocycles. The molecule has 0 aliphatic carbocycles. The normalized spacial score (nSPS) is 19.8. The van der Waals surface area contributed by atoms with Crippen molar-refractivity contribution in [2.45, 2.75) is 30.9 Å². The number of hydrogen-bond acceptors (Lipinski definition) is 11. The number of carboxylic acid groups (broad SMARTS) is 1. The van der Waals surface area contributed by atoms with Crippen LogP contribution in [0, 0.1) is 11.6 Å². The fourth-order valence-corrected chi connectivity index (χ4v) is 7.45. The minimum atomic E-state index is -1.37. The lowest BCUT2D eigenvalue weighted by Gasteiger charge is -2.49. The molecule has 258 valence electrons. The standard InChI is InChI=1S/C31H26F2N8O7S2/c32-19-2-1-18(10-20(19)33)35-22(42)12-39-6-3-15(4-7-39)11-40-8-5-16(27(40)44)9-17-13-49-29-24(28(45)41(29)25(17)30(46)47)37-26(43)23(38-48)21-14-50-31(34)36-21/h1-4,6-7,9-10,14,24,29H,5,8,11-13H2,(H5-,34,35,36,37,42,43,46,47,48)/p+1/b16-9+/t24-,29-/m1/s1. The molecule has 19 heteroatoms. The smallest absolute Gasteiger partial charge is 0.352 e. The Morgan fingerprint density at radius 1 is 1.16 bits per heavy atom. The van der Waals surface area contributed by atoms with Crippen molar-refractivity contribution >= 4 is 69.2 Å². The van der Waals surface area contributed by atoms with Crippen molar-refractivity contribution in [1.82, 2.24) is 20.1 Å². The molecule has 5 heterocycles. The number of thiazole rings is 1. The molecule has 0 saturated carbocycles. The van der Waals surface area contributed by atoms with Crippen molar-refractivity contribution in [3.63, 3.8) is 0 Å². The molecular weight excluding hydrogens is 699 g/mol. The number of thioether (sulfide) groups is 1. The maximum absolute atomic E-state index is 13.4.